The summed E-state index contributed by atoms with van der Waals surface area (Å²) in [5.74, 6) is 1.69. The Morgan fingerprint density at radius 2 is 1.83 bits per heavy atom. The van der Waals surface area contributed by atoms with Gasteiger partial charge in [-0.05, 0) is 37.8 Å². The van der Waals surface area contributed by atoms with Crippen molar-refractivity contribution in [1.82, 2.24) is 4.98 Å². The molecule has 0 fully saturated rings. The molecule has 1 heterocycles. The third kappa shape index (κ3) is 3.62. The van der Waals surface area contributed by atoms with Crippen molar-refractivity contribution in [2.24, 2.45) is 5.92 Å². The monoisotopic (exact) mass is 249 g/mol. The normalized spacial score (nSPS) is 11.3. The molecule has 0 aromatic carbocycles. The Kier molecular flexibility index (Phi) is 5.45. The van der Waals surface area contributed by atoms with Crippen LogP contribution in [0.15, 0.2) is 12.1 Å². The van der Waals surface area contributed by atoms with Crippen molar-refractivity contribution in [2.75, 3.05) is 17.2 Å². The highest BCUT2D eigenvalue weighted by Gasteiger charge is 2.18. The zero-order chi connectivity index (χ0) is 13.7. The molecular formula is C15H27N3. The molecule has 0 spiro atoms. The molecule has 2 N–H and O–H groups in total. The molecule has 0 saturated carbocycles. The van der Waals surface area contributed by atoms with Gasteiger partial charge in [-0.2, -0.15) is 0 Å². The maximum atomic E-state index is 5.85. The van der Waals surface area contributed by atoms with Gasteiger partial charge in [0.15, 0.2) is 0 Å². The molecule has 0 aliphatic heterocycles. The number of nitrogens with two attached hydrogens (primary N) is 1. The van der Waals surface area contributed by atoms with Crippen LogP contribution in [0, 0.1) is 12.8 Å². The zero-order valence-corrected chi connectivity index (χ0v) is 12.4. The lowest BCUT2D eigenvalue weighted by Gasteiger charge is -2.33. The number of hydrogen-bond donors (Lipinski definition) is 1. The predicted octanol–water partition coefficient (Wildman–Crippen LogP) is 3.62. The number of aryl methyl sites for hydroxylation is 1. The molecule has 0 bridgehead atoms. The van der Waals surface area contributed by atoms with Crippen LogP contribution in [0.2, 0.25) is 0 Å². The molecule has 0 aliphatic carbocycles. The topological polar surface area (TPSA) is 42.1 Å². The van der Waals surface area contributed by atoms with E-state index in [0.717, 1.165) is 36.6 Å². The smallest absolute Gasteiger partial charge is 0.129 e. The first-order valence-electron chi connectivity index (χ1n) is 6.99. The van der Waals surface area contributed by atoms with Gasteiger partial charge in [-0.3, -0.25) is 0 Å². The third-order valence-corrected chi connectivity index (χ3v) is 3.35. The quantitative estimate of drug-likeness (QED) is 0.837. The van der Waals surface area contributed by atoms with Crippen molar-refractivity contribution in [2.45, 2.75) is 53.5 Å². The summed E-state index contributed by atoms with van der Waals surface area (Å²) >= 11 is 0. The molecule has 0 saturated heterocycles. The number of aromatic nitrogens is 1. The standard InChI is InChI=1S/C15H27N3/c1-6-13(7-2)18(10-11(3)4)15-9-8-14(16)12(5)17-15/h8-9,11,13H,6-7,10,16H2,1-5H3. The Bertz CT molecular complexity index is 370. The van der Waals surface area contributed by atoms with E-state index in [4.69, 9.17) is 5.73 Å². The van der Waals surface area contributed by atoms with E-state index in [1.54, 1.807) is 0 Å². The average Bonchev–Trinajstić information content (AvgIpc) is 2.32. The molecule has 18 heavy (non-hydrogen) atoms. The van der Waals surface area contributed by atoms with Crippen molar-refractivity contribution in [3.8, 4) is 0 Å². The lowest BCUT2D eigenvalue weighted by Crippen LogP contribution is -2.38. The van der Waals surface area contributed by atoms with Crippen LogP contribution < -0.4 is 10.6 Å². The second-order valence-electron chi connectivity index (χ2n) is 5.36. The molecule has 0 radical (unpaired) electrons. The summed E-state index contributed by atoms with van der Waals surface area (Å²) in [4.78, 5) is 7.07. The molecule has 3 nitrogen and oxygen atoms in total. The minimum absolute atomic E-state index is 0.558. The fraction of sp³-hybridized carbons (Fsp3) is 0.667. The summed E-state index contributed by atoms with van der Waals surface area (Å²) in [5, 5.41) is 0. The Morgan fingerprint density at radius 3 is 2.28 bits per heavy atom. The summed E-state index contributed by atoms with van der Waals surface area (Å²) in [6.45, 7) is 12.0. The number of rotatable bonds is 6. The highest BCUT2D eigenvalue weighted by atomic mass is 15.2. The van der Waals surface area contributed by atoms with Crippen molar-refractivity contribution >= 4 is 11.5 Å². The Labute approximate surface area is 111 Å². The fourth-order valence-electron chi connectivity index (χ4n) is 2.27. The van der Waals surface area contributed by atoms with E-state index in [9.17, 15) is 0 Å². The maximum absolute atomic E-state index is 5.85. The summed E-state index contributed by atoms with van der Waals surface area (Å²) < 4.78 is 0. The van der Waals surface area contributed by atoms with E-state index >= 15 is 0 Å². The molecule has 0 aliphatic rings. The number of nitrogens with zero attached hydrogens (tertiary/aromatic N) is 2. The Morgan fingerprint density at radius 1 is 1.22 bits per heavy atom. The van der Waals surface area contributed by atoms with Crippen LogP contribution in [0.3, 0.4) is 0 Å². The van der Waals surface area contributed by atoms with Gasteiger partial charge in [-0.25, -0.2) is 4.98 Å². The minimum Gasteiger partial charge on any atom is -0.397 e. The first kappa shape index (κ1) is 14.8. The van der Waals surface area contributed by atoms with Crippen molar-refractivity contribution in [1.29, 1.82) is 0 Å². The molecular weight excluding hydrogens is 222 g/mol. The SMILES string of the molecule is CCC(CC)N(CC(C)C)c1ccc(N)c(C)n1. The molecule has 1 aromatic heterocycles. The maximum Gasteiger partial charge on any atom is 0.129 e. The van der Waals surface area contributed by atoms with Crippen LogP contribution in [0.25, 0.3) is 0 Å². The van der Waals surface area contributed by atoms with Gasteiger partial charge >= 0.3 is 0 Å². The molecule has 0 unspecified atom stereocenters. The Hall–Kier alpha value is -1.25. The van der Waals surface area contributed by atoms with Gasteiger partial charge in [0.05, 0.1) is 11.4 Å². The van der Waals surface area contributed by atoms with Gasteiger partial charge in [-0.15, -0.1) is 0 Å². The van der Waals surface area contributed by atoms with E-state index in [0.29, 0.717) is 12.0 Å². The predicted molar refractivity (Wildman–Crippen MR) is 79.9 cm³/mol. The van der Waals surface area contributed by atoms with Crippen LogP contribution in [-0.4, -0.2) is 17.6 Å². The van der Waals surface area contributed by atoms with E-state index in [1.165, 1.54) is 0 Å². The van der Waals surface area contributed by atoms with Crippen LogP contribution >= 0.6 is 0 Å². The van der Waals surface area contributed by atoms with Crippen LogP contribution in [0.4, 0.5) is 11.5 Å². The van der Waals surface area contributed by atoms with Gasteiger partial charge < -0.3 is 10.6 Å². The molecule has 102 valence electrons. The largest absolute Gasteiger partial charge is 0.397 e. The highest BCUT2D eigenvalue weighted by Crippen LogP contribution is 2.22. The van der Waals surface area contributed by atoms with Gasteiger partial charge in [0, 0.05) is 12.6 Å². The van der Waals surface area contributed by atoms with Crippen molar-refractivity contribution in [3.63, 3.8) is 0 Å². The number of nitrogen functional groups attached to an aromatic ring is 1. The highest BCUT2D eigenvalue weighted by molar-refractivity contribution is 5.50. The van der Waals surface area contributed by atoms with Crippen LogP contribution in [-0.2, 0) is 0 Å². The number of pyridine rings is 1. The minimum atomic E-state index is 0.558. The van der Waals surface area contributed by atoms with Crippen molar-refractivity contribution in [3.05, 3.63) is 17.8 Å². The summed E-state index contributed by atoms with van der Waals surface area (Å²) in [6, 6.07) is 4.57. The summed E-state index contributed by atoms with van der Waals surface area (Å²) in [5.41, 5.74) is 7.54. The molecule has 3 heteroatoms. The average molecular weight is 249 g/mol. The van der Waals surface area contributed by atoms with Crippen molar-refractivity contribution < 1.29 is 0 Å². The van der Waals surface area contributed by atoms with E-state index in [2.05, 4.69) is 37.6 Å². The van der Waals surface area contributed by atoms with Crippen LogP contribution in [0.1, 0.15) is 46.2 Å². The fourth-order valence-corrected chi connectivity index (χ4v) is 2.27. The Balaban J connectivity index is 3.04. The second kappa shape index (κ2) is 6.62. The van der Waals surface area contributed by atoms with E-state index < -0.39 is 0 Å². The summed E-state index contributed by atoms with van der Waals surface area (Å²) in [7, 11) is 0. The number of hydrogen-bond acceptors (Lipinski definition) is 3. The molecule has 0 atom stereocenters. The van der Waals surface area contributed by atoms with E-state index in [-0.39, 0.29) is 0 Å². The first-order valence-corrected chi connectivity index (χ1v) is 6.99. The molecule has 1 rings (SSSR count). The van der Waals surface area contributed by atoms with Gasteiger partial charge in [0.25, 0.3) is 0 Å². The zero-order valence-electron chi connectivity index (χ0n) is 12.4. The number of anilines is 2. The molecule has 0 amide bonds. The van der Waals surface area contributed by atoms with Crippen LogP contribution in [0.5, 0.6) is 0 Å². The summed E-state index contributed by atoms with van der Waals surface area (Å²) in [6.07, 6.45) is 2.29. The lowest BCUT2D eigenvalue weighted by atomic mass is 10.1. The third-order valence-electron chi connectivity index (χ3n) is 3.35. The van der Waals surface area contributed by atoms with Gasteiger partial charge in [-0.1, -0.05) is 27.7 Å². The lowest BCUT2D eigenvalue weighted by molar-refractivity contribution is 0.503. The first-order chi connectivity index (χ1) is 8.49. The molecule has 1 aromatic rings. The second-order valence-corrected chi connectivity index (χ2v) is 5.36. The van der Waals surface area contributed by atoms with Gasteiger partial charge in [0.2, 0.25) is 0 Å². The van der Waals surface area contributed by atoms with E-state index in [1.807, 2.05) is 19.1 Å². The van der Waals surface area contributed by atoms with Gasteiger partial charge in [0.1, 0.15) is 5.82 Å².